The van der Waals surface area contributed by atoms with Gasteiger partial charge in [-0.2, -0.15) is 0 Å². The summed E-state index contributed by atoms with van der Waals surface area (Å²) in [6.07, 6.45) is 2.31. The van der Waals surface area contributed by atoms with E-state index in [1.54, 1.807) is 18.3 Å². The molecule has 0 amide bonds. The molecule has 3 nitrogen and oxygen atoms in total. The van der Waals surface area contributed by atoms with Crippen molar-refractivity contribution in [2.45, 2.75) is 18.9 Å². The molecule has 1 aliphatic rings. The van der Waals surface area contributed by atoms with Crippen LogP contribution in [0.1, 0.15) is 24.6 Å². The third-order valence-electron chi connectivity index (χ3n) is 2.49. The van der Waals surface area contributed by atoms with Gasteiger partial charge >= 0.3 is 0 Å². The van der Waals surface area contributed by atoms with Crippen LogP contribution in [0, 0.1) is 5.92 Å². The molecule has 0 spiro atoms. The van der Waals surface area contributed by atoms with E-state index in [1.165, 1.54) is 0 Å². The van der Waals surface area contributed by atoms with Crippen LogP contribution in [0.15, 0.2) is 24.4 Å². The lowest BCUT2D eigenvalue weighted by Crippen LogP contribution is -2.31. The molecule has 13 heavy (non-hydrogen) atoms. The minimum atomic E-state index is -0.706. The highest BCUT2D eigenvalue weighted by molar-refractivity contribution is 5.86. The summed E-state index contributed by atoms with van der Waals surface area (Å²) < 4.78 is 0. The summed E-state index contributed by atoms with van der Waals surface area (Å²) in [5.74, 6) is -0.0620. The molecule has 0 saturated heterocycles. The fourth-order valence-electron chi connectivity index (χ4n) is 1.52. The third kappa shape index (κ3) is 1.47. The highest BCUT2D eigenvalue weighted by Gasteiger charge is 2.35. The monoisotopic (exact) mass is 177 g/mol. The van der Waals surface area contributed by atoms with Crippen molar-refractivity contribution >= 4 is 5.78 Å². The Morgan fingerprint density at radius 3 is 2.85 bits per heavy atom. The Kier molecular flexibility index (Phi) is 2.10. The first kappa shape index (κ1) is 8.38. The van der Waals surface area contributed by atoms with E-state index < -0.39 is 6.10 Å². The standard InChI is InChI=1S/C10H11NO2/c12-9-5-4-7(9)10(13)8-3-1-2-6-11-8/h1-3,6-7,10,13H,4-5H2. The van der Waals surface area contributed by atoms with Gasteiger partial charge < -0.3 is 5.11 Å². The number of nitrogens with zero attached hydrogens (tertiary/aromatic N) is 1. The van der Waals surface area contributed by atoms with Crippen molar-refractivity contribution in [2.24, 2.45) is 5.92 Å². The molecule has 0 aromatic carbocycles. The molecule has 1 fully saturated rings. The van der Waals surface area contributed by atoms with Crippen LogP contribution in [0.25, 0.3) is 0 Å². The predicted octanol–water partition coefficient (Wildman–Crippen LogP) is 1.09. The predicted molar refractivity (Wildman–Crippen MR) is 46.9 cm³/mol. The number of hydrogen-bond acceptors (Lipinski definition) is 3. The molecule has 3 heteroatoms. The van der Waals surface area contributed by atoms with Crippen molar-refractivity contribution < 1.29 is 9.90 Å². The molecule has 0 bridgehead atoms. The number of pyridine rings is 1. The van der Waals surface area contributed by atoms with Gasteiger partial charge in [-0.25, -0.2) is 0 Å². The Labute approximate surface area is 76.4 Å². The zero-order valence-corrected chi connectivity index (χ0v) is 7.18. The van der Waals surface area contributed by atoms with Crippen molar-refractivity contribution in [2.75, 3.05) is 0 Å². The number of ketones is 1. The van der Waals surface area contributed by atoms with E-state index in [1.807, 2.05) is 6.07 Å². The maximum absolute atomic E-state index is 11.1. The maximum atomic E-state index is 11.1. The summed E-state index contributed by atoms with van der Waals surface area (Å²) in [6, 6.07) is 5.35. The molecule has 68 valence electrons. The largest absolute Gasteiger partial charge is 0.386 e. The fraction of sp³-hybridized carbons (Fsp3) is 0.400. The SMILES string of the molecule is O=C1CCC1C(O)c1ccccn1. The molecule has 1 saturated carbocycles. The molecular weight excluding hydrogens is 166 g/mol. The highest BCUT2D eigenvalue weighted by atomic mass is 16.3. The summed E-state index contributed by atoms with van der Waals surface area (Å²) in [7, 11) is 0. The van der Waals surface area contributed by atoms with Gasteiger partial charge in [0.15, 0.2) is 0 Å². The van der Waals surface area contributed by atoms with Crippen molar-refractivity contribution in [1.29, 1.82) is 0 Å². The second kappa shape index (κ2) is 3.26. The lowest BCUT2D eigenvalue weighted by Gasteiger charge is -2.28. The Hall–Kier alpha value is -1.22. The van der Waals surface area contributed by atoms with Crippen molar-refractivity contribution in [3.63, 3.8) is 0 Å². The summed E-state index contributed by atoms with van der Waals surface area (Å²) in [4.78, 5) is 15.1. The van der Waals surface area contributed by atoms with Gasteiger partial charge in [0, 0.05) is 18.5 Å². The first-order valence-electron chi connectivity index (χ1n) is 4.41. The minimum absolute atomic E-state index is 0.151. The Bertz CT molecular complexity index is 310. The van der Waals surface area contributed by atoms with Gasteiger partial charge in [0.1, 0.15) is 11.9 Å². The van der Waals surface area contributed by atoms with E-state index in [4.69, 9.17) is 0 Å². The van der Waals surface area contributed by atoms with Gasteiger partial charge in [-0.3, -0.25) is 9.78 Å². The molecular formula is C10H11NO2. The molecule has 1 aliphatic carbocycles. The number of aliphatic hydroxyl groups is 1. The van der Waals surface area contributed by atoms with Gasteiger partial charge in [0.25, 0.3) is 0 Å². The number of aromatic nitrogens is 1. The highest BCUT2D eigenvalue weighted by Crippen LogP contribution is 2.33. The lowest BCUT2D eigenvalue weighted by atomic mass is 9.78. The molecule has 1 N–H and O–H groups in total. The zero-order valence-electron chi connectivity index (χ0n) is 7.18. The average Bonchev–Trinajstić information content (AvgIpc) is 2.17. The average molecular weight is 177 g/mol. The molecule has 1 aromatic heterocycles. The fourth-order valence-corrected chi connectivity index (χ4v) is 1.52. The van der Waals surface area contributed by atoms with E-state index in [2.05, 4.69) is 4.98 Å². The van der Waals surface area contributed by atoms with Gasteiger partial charge in [-0.1, -0.05) is 6.07 Å². The van der Waals surface area contributed by atoms with Gasteiger partial charge in [0.2, 0.25) is 0 Å². The second-order valence-electron chi connectivity index (χ2n) is 3.31. The van der Waals surface area contributed by atoms with Crippen LogP contribution in [-0.4, -0.2) is 15.9 Å². The molecule has 0 radical (unpaired) electrons. The Balaban J connectivity index is 2.13. The van der Waals surface area contributed by atoms with Crippen molar-refractivity contribution in [1.82, 2.24) is 4.98 Å². The Morgan fingerprint density at radius 1 is 1.54 bits per heavy atom. The van der Waals surface area contributed by atoms with Crippen LogP contribution in [0.3, 0.4) is 0 Å². The van der Waals surface area contributed by atoms with E-state index in [9.17, 15) is 9.90 Å². The molecule has 1 aromatic rings. The summed E-state index contributed by atoms with van der Waals surface area (Å²) in [6.45, 7) is 0. The normalized spacial score (nSPS) is 23.8. The summed E-state index contributed by atoms with van der Waals surface area (Å²) in [5, 5.41) is 9.73. The number of hydrogen-bond donors (Lipinski definition) is 1. The van der Waals surface area contributed by atoms with E-state index in [0.717, 1.165) is 6.42 Å². The van der Waals surface area contributed by atoms with Crippen LogP contribution in [0.2, 0.25) is 0 Å². The third-order valence-corrected chi connectivity index (χ3v) is 2.49. The Morgan fingerprint density at radius 2 is 2.38 bits per heavy atom. The van der Waals surface area contributed by atoms with E-state index in [-0.39, 0.29) is 11.7 Å². The molecule has 2 unspecified atom stereocenters. The number of rotatable bonds is 2. The summed E-state index contributed by atoms with van der Waals surface area (Å²) in [5.41, 5.74) is 0.598. The second-order valence-corrected chi connectivity index (χ2v) is 3.31. The van der Waals surface area contributed by atoms with E-state index in [0.29, 0.717) is 12.1 Å². The van der Waals surface area contributed by atoms with Crippen LogP contribution in [0.5, 0.6) is 0 Å². The van der Waals surface area contributed by atoms with Gasteiger partial charge in [0.05, 0.1) is 5.69 Å². The van der Waals surface area contributed by atoms with Crippen LogP contribution in [-0.2, 0) is 4.79 Å². The molecule has 2 rings (SSSR count). The number of Topliss-reactive ketones (excluding diaryl/α,β-unsaturated/α-hetero) is 1. The van der Waals surface area contributed by atoms with Gasteiger partial charge in [-0.15, -0.1) is 0 Å². The topological polar surface area (TPSA) is 50.2 Å². The molecule has 2 atom stereocenters. The van der Waals surface area contributed by atoms with Crippen molar-refractivity contribution in [3.8, 4) is 0 Å². The van der Waals surface area contributed by atoms with E-state index >= 15 is 0 Å². The first-order chi connectivity index (χ1) is 6.29. The van der Waals surface area contributed by atoms with Gasteiger partial charge in [-0.05, 0) is 18.6 Å². The smallest absolute Gasteiger partial charge is 0.139 e. The van der Waals surface area contributed by atoms with Crippen LogP contribution < -0.4 is 0 Å². The maximum Gasteiger partial charge on any atom is 0.139 e. The number of carbonyl (C=O) groups excluding carboxylic acids is 1. The number of aliphatic hydroxyl groups excluding tert-OH is 1. The lowest BCUT2D eigenvalue weighted by molar-refractivity contribution is -0.134. The first-order valence-corrected chi connectivity index (χ1v) is 4.41. The van der Waals surface area contributed by atoms with Crippen molar-refractivity contribution in [3.05, 3.63) is 30.1 Å². The number of carbonyl (C=O) groups is 1. The molecule has 1 heterocycles. The van der Waals surface area contributed by atoms with Crippen LogP contribution in [0.4, 0.5) is 0 Å². The minimum Gasteiger partial charge on any atom is -0.386 e. The molecule has 0 aliphatic heterocycles. The quantitative estimate of drug-likeness (QED) is 0.735. The zero-order chi connectivity index (χ0) is 9.26. The van der Waals surface area contributed by atoms with Crippen LogP contribution >= 0.6 is 0 Å². The summed E-state index contributed by atoms with van der Waals surface area (Å²) >= 11 is 0.